The summed E-state index contributed by atoms with van der Waals surface area (Å²) >= 11 is 0. The molecule has 3 aromatic rings. The van der Waals surface area contributed by atoms with E-state index >= 15 is 0 Å². The van der Waals surface area contributed by atoms with Crippen LogP contribution in [0.2, 0.25) is 0 Å². The van der Waals surface area contributed by atoms with Crippen molar-refractivity contribution in [3.63, 3.8) is 0 Å². The summed E-state index contributed by atoms with van der Waals surface area (Å²) in [5.74, 6) is 0.660. The largest absolute Gasteiger partial charge is 0.507 e. The second-order valence-electron chi connectivity index (χ2n) is 12.1. The quantitative estimate of drug-likeness (QED) is 0.102. The van der Waals surface area contributed by atoms with E-state index in [0.717, 1.165) is 31.6 Å². The first kappa shape index (κ1) is 34.6. The first-order valence-corrected chi connectivity index (χ1v) is 16.3. The van der Waals surface area contributed by atoms with Crippen LogP contribution in [0.5, 0.6) is 17.2 Å². The Morgan fingerprint density at radius 3 is 2.26 bits per heavy atom. The number of carbonyl (C=O) groups is 2. The summed E-state index contributed by atoms with van der Waals surface area (Å²) < 4.78 is 17.6. The van der Waals surface area contributed by atoms with Gasteiger partial charge in [-0.3, -0.25) is 9.59 Å². The minimum atomic E-state index is -0.784. The van der Waals surface area contributed by atoms with Gasteiger partial charge in [0, 0.05) is 12.1 Å². The number of aryl methyl sites for hydroxylation is 1. The average Bonchev–Trinajstić information content (AvgIpc) is 3.31. The fourth-order valence-corrected chi connectivity index (χ4v) is 5.56. The molecule has 0 aliphatic carbocycles. The molecule has 8 heteroatoms. The van der Waals surface area contributed by atoms with Crippen LogP contribution in [0.3, 0.4) is 0 Å². The van der Waals surface area contributed by atoms with Gasteiger partial charge in [0.1, 0.15) is 18.1 Å². The van der Waals surface area contributed by atoms with E-state index in [1.54, 1.807) is 42.3 Å². The highest BCUT2D eigenvalue weighted by atomic mass is 16.5. The number of ether oxygens (including phenoxy) is 3. The van der Waals surface area contributed by atoms with Crippen LogP contribution >= 0.6 is 0 Å². The molecule has 1 fully saturated rings. The zero-order valence-electron chi connectivity index (χ0n) is 28.0. The molecule has 4 rings (SSSR count). The van der Waals surface area contributed by atoms with E-state index in [-0.39, 0.29) is 11.3 Å². The number of benzene rings is 3. The van der Waals surface area contributed by atoms with Gasteiger partial charge in [0.25, 0.3) is 11.7 Å². The summed E-state index contributed by atoms with van der Waals surface area (Å²) in [5, 5.41) is 11.6. The number of likely N-dealkylation sites (tertiary alicyclic amines) is 1. The first-order chi connectivity index (χ1) is 22.2. The second-order valence-corrected chi connectivity index (χ2v) is 12.1. The smallest absolute Gasteiger partial charge is 0.295 e. The van der Waals surface area contributed by atoms with Gasteiger partial charge in [-0.2, -0.15) is 0 Å². The van der Waals surface area contributed by atoms with Gasteiger partial charge in [-0.15, -0.1) is 0 Å². The van der Waals surface area contributed by atoms with Crippen molar-refractivity contribution in [3.05, 3.63) is 94.6 Å². The lowest BCUT2D eigenvalue weighted by molar-refractivity contribution is -0.140. The lowest BCUT2D eigenvalue weighted by Gasteiger charge is -2.27. The Hall–Kier alpha value is -4.30. The Morgan fingerprint density at radius 1 is 0.935 bits per heavy atom. The molecule has 0 spiro atoms. The number of methoxy groups -OCH3 is 1. The van der Waals surface area contributed by atoms with Gasteiger partial charge in [0.15, 0.2) is 11.5 Å². The molecular formula is C38H48N2O6. The number of carbonyl (C=O) groups excluding carboxylic acids is 2. The van der Waals surface area contributed by atoms with E-state index in [4.69, 9.17) is 14.2 Å². The zero-order chi connectivity index (χ0) is 33.2. The van der Waals surface area contributed by atoms with Gasteiger partial charge < -0.3 is 29.1 Å². The molecule has 1 atom stereocenters. The molecule has 8 nitrogen and oxygen atoms in total. The molecule has 1 saturated heterocycles. The number of aliphatic hydroxyl groups excluding tert-OH is 1. The molecule has 3 aromatic carbocycles. The molecular weight excluding hydrogens is 580 g/mol. The normalized spacial score (nSPS) is 16.0. The van der Waals surface area contributed by atoms with Crippen LogP contribution < -0.4 is 14.2 Å². The maximum atomic E-state index is 13.6. The highest BCUT2D eigenvalue weighted by Crippen LogP contribution is 2.42. The van der Waals surface area contributed by atoms with E-state index in [9.17, 15) is 14.7 Å². The molecule has 1 aliphatic heterocycles. The number of aliphatic hydroxyl groups is 1. The van der Waals surface area contributed by atoms with Crippen LogP contribution in [0.15, 0.2) is 72.3 Å². The van der Waals surface area contributed by atoms with Crippen LogP contribution in [0.1, 0.15) is 68.8 Å². The molecule has 0 radical (unpaired) electrons. The fraction of sp³-hybridized carbons (Fsp3) is 0.421. The number of nitrogens with zero attached hydrogens (tertiary/aromatic N) is 2. The topological polar surface area (TPSA) is 88.5 Å². The lowest BCUT2D eigenvalue weighted by Crippen LogP contribution is -2.33. The van der Waals surface area contributed by atoms with E-state index in [2.05, 4.69) is 32.6 Å². The lowest BCUT2D eigenvalue weighted by atomic mass is 9.95. The van der Waals surface area contributed by atoms with Crippen LogP contribution in [-0.2, 0) is 16.2 Å². The van der Waals surface area contributed by atoms with Crippen LogP contribution in [0.25, 0.3) is 5.76 Å². The van der Waals surface area contributed by atoms with Crippen molar-refractivity contribution in [2.24, 2.45) is 5.92 Å². The van der Waals surface area contributed by atoms with Crippen LogP contribution in [0.4, 0.5) is 0 Å². The predicted molar refractivity (Wildman–Crippen MR) is 181 cm³/mol. The summed E-state index contributed by atoms with van der Waals surface area (Å²) in [6.07, 6.45) is 1.58. The van der Waals surface area contributed by atoms with E-state index < -0.39 is 17.7 Å². The van der Waals surface area contributed by atoms with Crippen molar-refractivity contribution < 1.29 is 28.9 Å². The predicted octanol–water partition coefficient (Wildman–Crippen LogP) is 7.16. The van der Waals surface area contributed by atoms with E-state index in [1.165, 1.54) is 5.56 Å². The van der Waals surface area contributed by atoms with Crippen molar-refractivity contribution in [1.29, 1.82) is 0 Å². The van der Waals surface area contributed by atoms with Crippen molar-refractivity contribution in [2.45, 2.75) is 60.1 Å². The van der Waals surface area contributed by atoms with Gasteiger partial charge >= 0.3 is 0 Å². The molecule has 246 valence electrons. The van der Waals surface area contributed by atoms with Crippen LogP contribution in [-0.4, -0.2) is 66.5 Å². The number of hydrogen-bond donors (Lipinski definition) is 1. The Morgan fingerprint density at radius 2 is 1.63 bits per heavy atom. The van der Waals surface area contributed by atoms with Crippen molar-refractivity contribution >= 4 is 17.4 Å². The summed E-state index contributed by atoms with van der Waals surface area (Å²) in [4.78, 5) is 31.0. The van der Waals surface area contributed by atoms with E-state index in [0.29, 0.717) is 60.5 Å². The minimum absolute atomic E-state index is 0.0525. The number of rotatable bonds is 16. The van der Waals surface area contributed by atoms with Gasteiger partial charge in [-0.25, -0.2) is 0 Å². The minimum Gasteiger partial charge on any atom is -0.507 e. The summed E-state index contributed by atoms with van der Waals surface area (Å²) in [7, 11) is 1.57. The average molecular weight is 629 g/mol. The highest BCUT2D eigenvalue weighted by molar-refractivity contribution is 6.46. The molecule has 0 saturated carbocycles. The molecule has 1 heterocycles. The Balaban J connectivity index is 1.65. The molecule has 1 aliphatic rings. The van der Waals surface area contributed by atoms with Gasteiger partial charge in [0.2, 0.25) is 0 Å². The third kappa shape index (κ3) is 8.49. The third-order valence-corrected chi connectivity index (χ3v) is 8.42. The molecule has 0 aromatic heterocycles. The Kier molecular flexibility index (Phi) is 12.3. The summed E-state index contributed by atoms with van der Waals surface area (Å²) in [6, 6.07) is 19.7. The maximum Gasteiger partial charge on any atom is 0.295 e. The number of ketones is 1. The van der Waals surface area contributed by atoms with Gasteiger partial charge in [-0.05, 0) is 92.8 Å². The van der Waals surface area contributed by atoms with Crippen LogP contribution in [0, 0.1) is 12.8 Å². The highest BCUT2D eigenvalue weighted by Gasteiger charge is 2.46. The molecule has 1 N–H and O–H groups in total. The number of Topliss-reactive ketones (excluding diaryl/α,β-unsaturated/α-hetero) is 1. The summed E-state index contributed by atoms with van der Waals surface area (Å²) in [6.45, 7) is 14.4. The SMILES string of the molecule is CCN(CC)CCCN1C(=O)C(=O)C(=C(O)c2ccc(OCc3ccc(C)cc3)cc2)[C@H]1c1ccc(OCCC(C)C)c(OC)c1. The summed E-state index contributed by atoms with van der Waals surface area (Å²) in [5.41, 5.74) is 3.37. The number of hydrogen-bond acceptors (Lipinski definition) is 7. The van der Waals surface area contributed by atoms with Gasteiger partial charge in [0.05, 0.1) is 25.3 Å². The Labute approximate surface area is 273 Å². The first-order valence-electron chi connectivity index (χ1n) is 16.3. The fourth-order valence-electron chi connectivity index (χ4n) is 5.56. The monoisotopic (exact) mass is 628 g/mol. The van der Waals surface area contributed by atoms with Crippen molar-refractivity contribution in [3.8, 4) is 17.2 Å². The standard InChI is InChI=1S/C38H48N2O6/c1-7-39(8-2)21-9-22-40-35(30-16-19-32(33(24-30)44-6)45-23-20-26(3)4)34(37(42)38(40)43)36(41)29-14-17-31(18-15-29)46-25-28-12-10-27(5)11-13-28/h10-19,24,26,35,41H,7-9,20-23,25H2,1-6H3/t35-/m1/s1. The second kappa shape index (κ2) is 16.3. The maximum absolute atomic E-state index is 13.6. The molecule has 0 bridgehead atoms. The van der Waals surface area contributed by atoms with Crippen molar-refractivity contribution in [2.75, 3.05) is 39.9 Å². The Bertz CT molecular complexity index is 1490. The molecule has 1 amide bonds. The molecule has 0 unspecified atom stereocenters. The zero-order valence-corrected chi connectivity index (χ0v) is 28.0. The van der Waals surface area contributed by atoms with Gasteiger partial charge in [-0.1, -0.05) is 63.6 Å². The van der Waals surface area contributed by atoms with E-state index in [1.807, 2.05) is 43.3 Å². The number of amides is 1. The third-order valence-electron chi connectivity index (χ3n) is 8.42. The van der Waals surface area contributed by atoms with Crippen molar-refractivity contribution in [1.82, 2.24) is 9.80 Å². The molecule has 46 heavy (non-hydrogen) atoms.